The first-order chi connectivity index (χ1) is 15.0. The molecule has 0 fully saturated rings. The summed E-state index contributed by atoms with van der Waals surface area (Å²) in [7, 11) is 1.56. The lowest BCUT2D eigenvalue weighted by Gasteiger charge is -2.25. The fourth-order valence-corrected chi connectivity index (χ4v) is 4.31. The molecule has 0 bridgehead atoms. The Balaban J connectivity index is 1.32. The van der Waals surface area contributed by atoms with Crippen LogP contribution in [0.2, 0.25) is 0 Å². The Morgan fingerprint density at radius 2 is 2.06 bits per heavy atom. The predicted octanol–water partition coefficient (Wildman–Crippen LogP) is 4.74. The minimum atomic E-state index is -0.896. The highest BCUT2D eigenvalue weighted by Crippen LogP contribution is 2.32. The molecule has 0 saturated carbocycles. The van der Waals surface area contributed by atoms with E-state index in [-0.39, 0.29) is 5.75 Å². The van der Waals surface area contributed by atoms with E-state index in [1.165, 1.54) is 11.1 Å². The second-order valence-corrected chi connectivity index (χ2v) is 8.05. The number of aryl methyl sites for hydroxylation is 1. The van der Waals surface area contributed by atoms with Gasteiger partial charge in [0.1, 0.15) is 0 Å². The zero-order valence-electron chi connectivity index (χ0n) is 17.6. The standard InChI is InChI=1S/C25H28N2O4/c1-31-24-14-16(7-9-23(24)28)17-10-11-26-20(12-17)5-3-2-4-19-15-27-22-8-6-18(25(29)30)13-21(19)22/h6-10,13-15,20,26-28H,2-5,11-12H2,1H3,(H,29,30). The molecule has 31 heavy (non-hydrogen) atoms. The molecule has 2 heterocycles. The second-order valence-electron chi connectivity index (χ2n) is 8.05. The maximum absolute atomic E-state index is 11.3. The Morgan fingerprint density at radius 1 is 1.19 bits per heavy atom. The third kappa shape index (κ3) is 4.75. The molecule has 6 heteroatoms. The van der Waals surface area contributed by atoms with Gasteiger partial charge < -0.3 is 25.3 Å². The third-order valence-corrected chi connectivity index (χ3v) is 6.03. The summed E-state index contributed by atoms with van der Waals surface area (Å²) >= 11 is 0. The van der Waals surface area contributed by atoms with Crippen molar-refractivity contribution in [2.45, 2.75) is 38.1 Å². The summed E-state index contributed by atoms with van der Waals surface area (Å²) in [6.45, 7) is 0.837. The Bertz CT molecular complexity index is 1120. The largest absolute Gasteiger partial charge is 0.504 e. The molecule has 0 aliphatic carbocycles. The van der Waals surface area contributed by atoms with Crippen LogP contribution in [0.3, 0.4) is 0 Å². The number of fused-ring (bicyclic) bond motifs is 1. The Labute approximate surface area is 181 Å². The van der Waals surface area contributed by atoms with Gasteiger partial charge in [0.25, 0.3) is 0 Å². The fraction of sp³-hybridized carbons (Fsp3) is 0.320. The van der Waals surface area contributed by atoms with Crippen LogP contribution < -0.4 is 10.1 Å². The van der Waals surface area contributed by atoms with Crippen molar-refractivity contribution in [3.8, 4) is 11.5 Å². The average molecular weight is 421 g/mol. The van der Waals surface area contributed by atoms with Gasteiger partial charge in [0.15, 0.2) is 11.5 Å². The number of ether oxygens (including phenoxy) is 1. The summed E-state index contributed by atoms with van der Waals surface area (Å²) in [5.41, 5.74) is 4.85. The molecule has 1 atom stereocenters. The van der Waals surface area contributed by atoms with Crippen LogP contribution in [0, 0.1) is 0 Å². The number of methoxy groups -OCH3 is 1. The number of phenols is 1. The number of carbonyl (C=O) groups is 1. The van der Waals surface area contributed by atoms with Crippen molar-refractivity contribution in [1.29, 1.82) is 0 Å². The molecule has 162 valence electrons. The summed E-state index contributed by atoms with van der Waals surface area (Å²) in [5, 5.41) is 23.6. The van der Waals surface area contributed by atoms with E-state index in [0.29, 0.717) is 17.4 Å². The normalized spacial score (nSPS) is 16.3. The number of nitrogens with one attached hydrogen (secondary N) is 2. The van der Waals surface area contributed by atoms with Gasteiger partial charge in [0, 0.05) is 29.7 Å². The number of aromatic carboxylic acids is 1. The number of phenolic OH excluding ortho intramolecular Hbond substituents is 1. The summed E-state index contributed by atoms with van der Waals surface area (Å²) < 4.78 is 5.24. The van der Waals surface area contributed by atoms with Gasteiger partial charge in [-0.1, -0.05) is 18.6 Å². The Hall–Kier alpha value is -3.25. The first-order valence-corrected chi connectivity index (χ1v) is 10.7. The lowest BCUT2D eigenvalue weighted by Crippen LogP contribution is -2.32. The predicted molar refractivity (Wildman–Crippen MR) is 122 cm³/mol. The SMILES string of the molecule is COc1cc(C2=CCNC(CCCCc3c[nH]c4ccc(C(=O)O)cc34)C2)ccc1O. The zero-order valence-corrected chi connectivity index (χ0v) is 17.6. The van der Waals surface area contributed by atoms with E-state index in [2.05, 4.69) is 16.4 Å². The van der Waals surface area contributed by atoms with Gasteiger partial charge in [-0.3, -0.25) is 0 Å². The Morgan fingerprint density at radius 3 is 2.87 bits per heavy atom. The van der Waals surface area contributed by atoms with Gasteiger partial charge >= 0.3 is 5.97 Å². The summed E-state index contributed by atoms with van der Waals surface area (Å²) in [6.07, 6.45) is 9.29. The minimum absolute atomic E-state index is 0.157. The summed E-state index contributed by atoms with van der Waals surface area (Å²) in [6, 6.07) is 11.2. The van der Waals surface area contributed by atoms with E-state index < -0.39 is 5.97 Å². The van der Waals surface area contributed by atoms with Crippen molar-refractivity contribution in [2.75, 3.05) is 13.7 Å². The van der Waals surface area contributed by atoms with E-state index in [9.17, 15) is 15.0 Å². The lowest BCUT2D eigenvalue weighted by molar-refractivity contribution is 0.0697. The number of benzene rings is 2. The minimum Gasteiger partial charge on any atom is -0.504 e. The summed E-state index contributed by atoms with van der Waals surface area (Å²) in [4.78, 5) is 14.5. The number of aromatic nitrogens is 1. The van der Waals surface area contributed by atoms with E-state index >= 15 is 0 Å². The molecule has 4 rings (SSSR count). The van der Waals surface area contributed by atoms with Crippen LogP contribution in [-0.2, 0) is 6.42 Å². The molecular weight excluding hydrogens is 392 g/mol. The van der Waals surface area contributed by atoms with Crippen molar-refractivity contribution < 1.29 is 19.7 Å². The molecular formula is C25H28N2O4. The number of hydrogen-bond acceptors (Lipinski definition) is 4. The molecule has 6 nitrogen and oxygen atoms in total. The number of aromatic hydroxyl groups is 1. The van der Waals surface area contributed by atoms with Gasteiger partial charge in [-0.2, -0.15) is 0 Å². The van der Waals surface area contributed by atoms with Gasteiger partial charge in [-0.15, -0.1) is 0 Å². The van der Waals surface area contributed by atoms with Crippen molar-refractivity contribution in [2.24, 2.45) is 0 Å². The topological polar surface area (TPSA) is 94.6 Å². The van der Waals surface area contributed by atoms with Crippen LogP contribution in [0.15, 0.2) is 48.7 Å². The number of carboxylic acids is 1. The first-order valence-electron chi connectivity index (χ1n) is 10.7. The number of H-pyrrole nitrogens is 1. The van der Waals surface area contributed by atoms with Gasteiger partial charge in [0.2, 0.25) is 0 Å². The molecule has 1 unspecified atom stereocenters. The smallest absolute Gasteiger partial charge is 0.335 e. The molecule has 0 spiro atoms. The molecule has 1 aliphatic rings. The second kappa shape index (κ2) is 9.27. The van der Waals surface area contributed by atoms with Crippen LogP contribution in [0.1, 0.15) is 47.2 Å². The molecule has 0 amide bonds. The van der Waals surface area contributed by atoms with Gasteiger partial charge in [-0.05, 0) is 72.7 Å². The highest BCUT2D eigenvalue weighted by atomic mass is 16.5. The average Bonchev–Trinajstić information content (AvgIpc) is 3.19. The van der Waals surface area contributed by atoms with Crippen LogP contribution in [0.4, 0.5) is 0 Å². The summed E-state index contributed by atoms with van der Waals surface area (Å²) in [5.74, 6) is -0.240. The molecule has 1 aliphatic heterocycles. The van der Waals surface area contributed by atoms with Crippen molar-refractivity contribution in [3.05, 3.63) is 65.4 Å². The molecule has 3 aromatic rings. The number of rotatable bonds is 8. The fourth-order valence-electron chi connectivity index (χ4n) is 4.31. The molecule has 2 aromatic carbocycles. The molecule has 0 radical (unpaired) electrons. The third-order valence-electron chi connectivity index (χ3n) is 6.03. The molecule has 1 aromatic heterocycles. The lowest BCUT2D eigenvalue weighted by atomic mass is 9.92. The van der Waals surface area contributed by atoms with Gasteiger partial charge in [0.05, 0.1) is 12.7 Å². The molecule has 4 N–H and O–H groups in total. The number of unbranched alkanes of at least 4 members (excludes halogenated alkanes) is 1. The number of aromatic amines is 1. The Kier molecular flexibility index (Phi) is 6.28. The van der Waals surface area contributed by atoms with Crippen molar-refractivity contribution in [3.63, 3.8) is 0 Å². The van der Waals surface area contributed by atoms with Crippen LogP contribution in [0.25, 0.3) is 16.5 Å². The van der Waals surface area contributed by atoms with Crippen LogP contribution >= 0.6 is 0 Å². The highest BCUT2D eigenvalue weighted by Gasteiger charge is 2.17. The van der Waals surface area contributed by atoms with Gasteiger partial charge in [-0.25, -0.2) is 4.79 Å². The zero-order chi connectivity index (χ0) is 21.8. The van der Waals surface area contributed by atoms with E-state index in [1.54, 1.807) is 25.3 Å². The number of carboxylic acid groups (broad SMARTS) is 1. The van der Waals surface area contributed by atoms with E-state index in [0.717, 1.165) is 55.1 Å². The highest BCUT2D eigenvalue weighted by molar-refractivity contribution is 5.94. The van der Waals surface area contributed by atoms with E-state index in [1.807, 2.05) is 24.4 Å². The monoisotopic (exact) mass is 420 g/mol. The van der Waals surface area contributed by atoms with Crippen molar-refractivity contribution in [1.82, 2.24) is 10.3 Å². The van der Waals surface area contributed by atoms with Crippen LogP contribution in [-0.4, -0.2) is 40.9 Å². The van der Waals surface area contributed by atoms with Crippen molar-refractivity contribution >= 4 is 22.4 Å². The first kappa shape index (κ1) is 21.0. The van der Waals surface area contributed by atoms with Crippen LogP contribution in [0.5, 0.6) is 11.5 Å². The van der Waals surface area contributed by atoms with E-state index in [4.69, 9.17) is 4.74 Å². The molecule has 0 saturated heterocycles. The quantitative estimate of drug-likeness (QED) is 0.395. The maximum Gasteiger partial charge on any atom is 0.335 e. The number of hydrogen-bond donors (Lipinski definition) is 4. The maximum atomic E-state index is 11.3.